The summed E-state index contributed by atoms with van der Waals surface area (Å²) >= 11 is 0. The molecule has 0 aliphatic carbocycles. The van der Waals surface area contributed by atoms with Crippen molar-refractivity contribution in [3.63, 3.8) is 0 Å². The quantitative estimate of drug-likeness (QED) is 0.903. The van der Waals surface area contributed by atoms with Crippen molar-refractivity contribution in [1.29, 1.82) is 0 Å². The zero-order valence-corrected chi connectivity index (χ0v) is 12.5. The fourth-order valence-corrected chi connectivity index (χ4v) is 2.74. The standard InChI is InChI=1S/C16H26N2O/c1-5-19-15-8-6-7-14(9-15)18-11-13(4)17-10-16(18)12(2)3/h6-9,12-13,16-17H,5,10-11H2,1-4H3. The van der Waals surface area contributed by atoms with Crippen LogP contribution in [0.25, 0.3) is 0 Å². The Morgan fingerprint density at radius 2 is 2.21 bits per heavy atom. The molecule has 1 aromatic rings. The Bertz CT molecular complexity index is 405. The molecule has 0 saturated carbocycles. The van der Waals surface area contributed by atoms with Gasteiger partial charge in [0.2, 0.25) is 0 Å². The first kappa shape index (κ1) is 14.2. The van der Waals surface area contributed by atoms with Crippen LogP contribution in [0, 0.1) is 5.92 Å². The summed E-state index contributed by atoms with van der Waals surface area (Å²) < 4.78 is 5.62. The zero-order chi connectivity index (χ0) is 13.8. The molecule has 0 amide bonds. The number of ether oxygens (including phenoxy) is 1. The first-order valence-corrected chi connectivity index (χ1v) is 7.34. The van der Waals surface area contributed by atoms with Crippen LogP contribution in [0.3, 0.4) is 0 Å². The number of piperazine rings is 1. The topological polar surface area (TPSA) is 24.5 Å². The van der Waals surface area contributed by atoms with Gasteiger partial charge < -0.3 is 15.0 Å². The number of rotatable bonds is 4. The van der Waals surface area contributed by atoms with Crippen molar-refractivity contribution >= 4 is 5.69 Å². The second kappa shape index (κ2) is 6.29. The van der Waals surface area contributed by atoms with Crippen LogP contribution in [0.15, 0.2) is 24.3 Å². The lowest BCUT2D eigenvalue weighted by molar-refractivity contribution is 0.337. The minimum atomic E-state index is 0.533. The van der Waals surface area contributed by atoms with Crippen molar-refractivity contribution in [3.05, 3.63) is 24.3 Å². The van der Waals surface area contributed by atoms with Crippen molar-refractivity contribution in [2.75, 3.05) is 24.6 Å². The van der Waals surface area contributed by atoms with E-state index < -0.39 is 0 Å². The van der Waals surface area contributed by atoms with Crippen molar-refractivity contribution in [2.24, 2.45) is 5.92 Å². The normalized spacial score (nSPS) is 23.7. The summed E-state index contributed by atoms with van der Waals surface area (Å²) in [5.74, 6) is 1.60. The molecule has 3 heteroatoms. The lowest BCUT2D eigenvalue weighted by Gasteiger charge is -2.43. The van der Waals surface area contributed by atoms with Crippen LogP contribution in [0.2, 0.25) is 0 Å². The van der Waals surface area contributed by atoms with E-state index in [1.807, 2.05) is 13.0 Å². The van der Waals surface area contributed by atoms with Gasteiger partial charge in [0.1, 0.15) is 5.75 Å². The van der Waals surface area contributed by atoms with E-state index >= 15 is 0 Å². The highest BCUT2D eigenvalue weighted by molar-refractivity contribution is 5.52. The molecule has 1 aromatic carbocycles. The molecule has 1 saturated heterocycles. The van der Waals surface area contributed by atoms with Gasteiger partial charge in [-0.3, -0.25) is 0 Å². The molecule has 1 aliphatic rings. The summed E-state index contributed by atoms with van der Waals surface area (Å²) in [6.07, 6.45) is 0. The van der Waals surface area contributed by atoms with E-state index in [0.717, 1.165) is 25.4 Å². The fraction of sp³-hybridized carbons (Fsp3) is 0.625. The lowest BCUT2D eigenvalue weighted by Crippen LogP contribution is -2.57. The van der Waals surface area contributed by atoms with Crippen LogP contribution in [-0.4, -0.2) is 31.8 Å². The Hall–Kier alpha value is -1.22. The summed E-state index contributed by atoms with van der Waals surface area (Å²) in [5.41, 5.74) is 1.28. The molecule has 1 aliphatic heterocycles. The minimum absolute atomic E-state index is 0.533. The Balaban J connectivity index is 2.22. The monoisotopic (exact) mass is 262 g/mol. The second-order valence-corrected chi connectivity index (χ2v) is 5.70. The van der Waals surface area contributed by atoms with Crippen LogP contribution >= 0.6 is 0 Å². The van der Waals surface area contributed by atoms with Crippen molar-refractivity contribution in [3.8, 4) is 5.75 Å². The SMILES string of the molecule is CCOc1cccc(N2CC(C)NCC2C(C)C)c1. The molecule has 0 bridgehead atoms. The first-order valence-electron chi connectivity index (χ1n) is 7.34. The summed E-state index contributed by atoms with van der Waals surface area (Å²) in [6.45, 7) is 11.7. The largest absolute Gasteiger partial charge is 0.494 e. The number of hydrogen-bond donors (Lipinski definition) is 1. The summed E-state index contributed by atoms with van der Waals surface area (Å²) in [5, 5.41) is 3.58. The third-order valence-corrected chi connectivity index (χ3v) is 3.78. The Kier molecular flexibility index (Phi) is 4.70. The highest BCUT2D eigenvalue weighted by Crippen LogP contribution is 2.27. The van der Waals surface area contributed by atoms with Crippen molar-refractivity contribution < 1.29 is 4.74 Å². The van der Waals surface area contributed by atoms with Crippen molar-refractivity contribution in [2.45, 2.75) is 39.8 Å². The molecule has 106 valence electrons. The van der Waals surface area contributed by atoms with Gasteiger partial charge in [0.05, 0.1) is 6.61 Å². The molecule has 1 fully saturated rings. The number of hydrogen-bond acceptors (Lipinski definition) is 3. The van der Waals surface area contributed by atoms with Crippen LogP contribution in [-0.2, 0) is 0 Å². The van der Waals surface area contributed by atoms with Crippen LogP contribution < -0.4 is 15.0 Å². The third kappa shape index (κ3) is 3.41. The average Bonchev–Trinajstić information content (AvgIpc) is 2.39. The van der Waals surface area contributed by atoms with Gasteiger partial charge in [0.25, 0.3) is 0 Å². The van der Waals surface area contributed by atoms with Crippen LogP contribution in [0.1, 0.15) is 27.7 Å². The molecule has 0 spiro atoms. The van der Waals surface area contributed by atoms with Gasteiger partial charge in [-0.15, -0.1) is 0 Å². The maximum absolute atomic E-state index is 5.62. The first-order chi connectivity index (χ1) is 9.11. The van der Waals surface area contributed by atoms with E-state index in [9.17, 15) is 0 Å². The van der Waals surface area contributed by atoms with Gasteiger partial charge >= 0.3 is 0 Å². The maximum Gasteiger partial charge on any atom is 0.121 e. The Morgan fingerprint density at radius 3 is 2.89 bits per heavy atom. The Labute approximate surface area is 116 Å². The van der Waals surface area contributed by atoms with E-state index in [2.05, 4.69) is 49.2 Å². The zero-order valence-electron chi connectivity index (χ0n) is 12.5. The van der Waals surface area contributed by atoms with Crippen molar-refractivity contribution in [1.82, 2.24) is 5.32 Å². The number of benzene rings is 1. The summed E-state index contributed by atoms with van der Waals surface area (Å²) in [6, 6.07) is 9.55. The molecular formula is C16H26N2O. The summed E-state index contributed by atoms with van der Waals surface area (Å²) in [4.78, 5) is 2.52. The third-order valence-electron chi connectivity index (χ3n) is 3.78. The van der Waals surface area contributed by atoms with Gasteiger partial charge in [0.15, 0.2) is 0 Å². The minimum Gasteiger partial charge on any atom is -0.494 e. The molecule has 1 heterocycles. The predicted octanol–water partition coefficient (Wildman–Crippen LogP) is 2.91. The van der Waals surface area contributed by atoms with E-state index in [1.165, 1.54) is 5.69 Å². The van der Waals surface area contributed by atoms with E-state index in [0.29, 0.717) is 18.0 Å². The van der Waals surface area contributed by atoms with Gasteiger partial charge in [-0.25, -0.2) is 0 Å². The molecule has 0 radical (unpaired) electrons. The number of nitrogens with one attached hydrogen (secondary N) is 1. The number of anilines is 1. The molecule has 2 unspecified atom stereocenters. The molecule has 1 N–H and O–H groups in total. The Morgan fingerprint density at radius 1 is 1.42 bits per heavy atom. The highest BCUT2D eigenvalue weighted by Gasteiger charge is 2.28. The molecule has 19 heavy (non-hydrogen) atoms. The van der Waals surface area contributed by atoms with E-state index in [-0.39, 0.29) is 0 Å². The van der Waals surface area contributed by atoms with E-state index in [4.69, 9.17) is 4.74 Å². The van der Waals surface area contributed by atoms with Crippen LogP contribution in [0.4, 0.5) is 5.69 Å². The maximum atomic E-state index is 5.62. The molecule has 0 aromatic heterocycles. The van der Waals surface area contributed by atoms with Crippen LogP contribution in [0.5, 0.6) is 5.75 Å². The average molecular weight is 262 g/mol. The summed E-state index contributed by atoms with van der Waals surface area (Å²) in [7, 11) is 0. The smallest absolute Gasteiger partial charge is 0.121 e. The fourth-order valence-electron chi connectivity index (χ4n) is 2.74. The number of nitrogens with zero attached hydrogens (tertiary/aromatic N) is 1. The van der Waals surface area contributed by atoms with E-state index in [1.54, 1.807) is 0 Å². The van der Waals surface area contributed by atoms with Gasteiger partial charge in [-0.2, -0.15) is 0 Å². The second-order valence-electron chi connectivity index (χ2n) is 5.70. The lowest BCUT2D eigenvalue weighted by atomic mass is 9.98. The molecule has 3 nitrogen and oxygen atoms in total. The molecular weight excluding hydrogens is 236 g/mol. The molecule has 2 rings (SSSR count). The van der Waals surface area contributed by atoms with Gasteiger partial charge in [0, 0.05) is 36.9 Å². The predicted molar refractivity (Wildman–Crippen MR) is 81.0 cm³/mol. The molecule has 2 atom stereocenters. The van der Waals surface area contributed by atoms with Gasteiger partial charge in [-0.1, -0.05) is 19.9 Å². The van der Waals surface area contributed by atoms with Gasteiger partial charge in [-0.05, 0) is 31.9 Å². The highest BCUT2D eigenvalue weighted by atomic mass is 16.5.